The van der Waals surface area contributed by atoms with Crippen molar-refractivity contribution in [1.82, 2.24) is 9.62 Å². The molecule has 1 aliphatic rings. The van der Waals surface area contributed by atoms with Crippen LogP contribution >= 0.6 is 11.3 Å². The van der Waals surface area contributed by atoms with Crippen LogP contribution in [0.2, 0.25) is 0 Å². The number of hydrogen-bond acceptors (Lipinski definition) is 5. The summed E-state index contributed by atoms with van der Waals surface area (Å²) in [4.78, 5) is 11.6. The van der Waals surface area contributed by atoms with Gasteiger partial charge in [0.05, 0.1) is 0 Å². The molecule has 0 radical (unpaired) electrons. The first kappa shape index (κ1) is 19.4. The van der Waals surface area contributed by atoms with Gasteiger partial charge in [0.1, 0.15) is 10.3 Å². The molecule has 0 aromatic carbocycles. The van der Waals surface area contributed by atoms with Crippen molar-refractivity contribution in [3.8, 4) is 0 Å². The molecule has 1 aromatic heterocycles. The van der Waals surface area contributed by atoms with Gasteiger partial charge in [-0.25, -0.2) is 8.42 Å². The molecule has 1 saturated heterocycles. The minimum Gasteiger partial charge on any atom is -0.480 e. The monoisotopic (exact) mass is 374 g/mol. The molecule has 2 N–H and O–H groups in total. The lowest BCUT2D eigenvalue weighted by Gasteiger charge is -2.36. The summed E-state index contributed by atoms with van der Waals surface area (Å²) in [6, 6.07) is 2.23. The Balaban J connectivity index is 2.00. The van der Waals surface area contributed by atoms with Gasteiger partial charge in [0.15, 0.2) is 0 Å². The molecule has 1 fully saturated rings. The zero-order valence-electron chi connectivity index (χ0n) is 14.1. The summed E-state index contributed by atoms with van der Waals surface area (Å²) in [6.07, 6.45) is 3.11. The van der Waals surface area contributed by atoms with Crippen molar-refractivity contribution in [3.63, 3.8) is 0 Å². The van der Waals surface area contributed by atoms with Crippen molar-refractivity contribution < 1.29 is 18.3 Å². The average molecular weight is 375 g/mol. The summed E-state index contributed by atoms with van der Waals surface area (Å²) in [5, 5.41) is 14.6. The van der Waals surface area contributed by atoms with Crippen molar-refractivity contribution >= 4 is 27.3 Å². The summed E-state index contributed by atoms with van der Waals surface area (Å²) in [7, 11) is -3.73. The highest BCUT2D eigenvalue weighted by molar-refractivity contribution is 7.91. The number of nitrogens with zero attached hydrogens (tertiary/aromatic N) is 1. The van der Waals surface area contributed by atoms with Crippen molar-refractivity contribution in [1.29, 1.82) is 0 Å². The molecule has 0 saturated carbocycles. The van der Waals surface area contributed by atoms with Crippen LogP contribution in [0.25, 0.3) is 0 Å². The first-order valence-electron chi connectivity index (χ1n) is 8.34. The van der Waals surface area contributed by atoms with Gasteiger partial charge < -0.3 is 10.4 Å². The largest absolute Gasteiger partial charge is 0.480 e. The molecule has 0 bridgehead atoms. The number of rotatable bonds is 8. The number of sulfonamides is 1. The van der Waals surface area contributed by atoms with Crippen LogP contribution in [-0.4, -0.2) is 49.0 Å². The number of carboxylic acid groups (broad SMARTS) is 1. The predicted octanol–water partition coefficient (Wildman–Crippen LogP) is 2.38. The Bertz CT molecular complexity index is 629. The van der Waals surface area contributed by atoms with E-state index in [1.807, 2.05) is 0 Å². The van der Waals surface area contributed by atoms with E-state index in [1.165, 1.54) is 6.07 Å². The van der Waals surface area contributed by atoms with Crippen LogP contribution in [0.4, 0.5) is 0 Å². The highest BCUT2D eigenvalue weighted by atomic mass is 32.2. The summed E-state index contributed by atoms with van der Waals surface area (Å²) < 4.78 is 26.7. The van der Waals surface area contributed by atoms with Crippen LogP contribution in [0.3, 0.4) is 0 Å². The van der Waals surface area contributed by atoms with Gasteiger partial charge >= 0.3 is 5.97 Å². The quantitative estimate of drug-likeness (QED) is 0.682. The van der Waals surface area contributed by atoms with Crippen LogP contribution in [0, 0.1) is 5.92 Å². The van der Waals surface area contributed by atoms with Gasteiger partial charge in [0, 0.05) is 12.6 Å². The van der Waals surface area contributed by atoms with Crippen LogP contribution in [0.5, 0.6) is 0 Å². The minimum absolute atomic E-state index is 0.0491. The Morgan fingerprint density at radius 3 is 2.83 bits per heavy atom. The first-order chi connectivity index (χ1) is 11.3. The number of carbonyl (C=O) groups is 1. The van der Waals surface area contributed by atoms with E-state index in [-0.39, 0.29) is 16.8 Å². The topological polar surface area (TPSA) is 86.7 Å². The summed E-state index contributed by atoms with van der Waals surface area (Å²) >= 11 is 1.12. The fraction of sp³-hybridized carbons (Fsp3) is 0.688. The SMILES string of the molecule is CC(C)CCCN[C@@H]1CCN(S(=O)(=O)c2cccs2)[C@@H](C(=O)O)C1. The lowest BCUT2D eigenvalue weighted by Crippen LogP contribution is -2.54. The number of aliphatic carboxylic acids is 1. The third-order valence-electron chi connectivity index (χ3n) is 4.29. The van der Waals surface area contributed by atoms with E-state index in [0.29, 0.717) is 18.8 Å². The molecule has 24 heavy (non-hydrogen) atoms. The van der Waals surface area contributed by atoms with Crippen molar-refractivity contribution in [2.24, 2.45) is 5.92 Å². The van der Waals surface area contributed by atoms with Gasteiger partial charge in [-0.05, 0) is 49.6 Å². The van der Waals surface area contributed by atoms with Gasteiger partial charge in [-0.1, -0.05) is 19.9 Å². The van der Waals surface area contributed by atoms with Gasteiger partial charge in [0.2, 0.25) is 0 Å². The molecule has 2 heterocycles. The van der Waals surface area contributed by atoms with Gasteiger partial charge in [-0.2, -0.15) is 4.31 Å². The number of piperidine rings is 1. The van der Waals surface area contributed by atoms with E-state index >= 15 is 0 Å². The Morgan fingerprint density at radius 1 is 1.50 bits per heavy atom. The maximum Gasteiger partial charge on any atom is 0.322 e. The lowest BCUT2D eigenvalue weighted by atomic mass is 9.99. The molecule has 0 amide bonds. The predicted molar refractivity (Wildman–Crippen MR) is 94.7 cm³/mol. The summed E-state index contributed by atoms with van der Waals surface area (Å²) in [6.45, 7) is 5.43. The Kier molecular flexibility index (Phi) is 6.79. The molecule has 1 aromatic rings. The van der Waals surface area contributed by atoms with Crippen molar-refractivity contribution in [2.45, 2.75) is 55.8 Å². The van der Waals surface area contributed by atoms with E-state index in [4.69, 9.17) is 0 Å². The Morgan fingerprint density at radius 2 is 2.25 bits per heavy atom. The normalized spacial score (nSPS) is 22.8. The zero-order valence-corrected chi connectivity index (χ0v) is 15.8. The van der Waals surface area contributed by atoms with Crippen molar-refractivity contribution in [2.75, 3.05) is 13.1 Å². The minimum atomic E-state index is -3.73. The highest BCUT2D eigenvalue weighted by Crippen LogP contribution is 2.28. The standard InChI is InChI=1S/C16H26N2O4S2/c1-12(2)5-3-8-17-13-7-9-18(14(11-13)16(19)20)24(21,22)15-6-4-10-23-15/h4,6,10,12-14,17H,3,5,7-9,11H2,1-2H3,(H,19,20)/t13-,14-/m1/s1. The molecular weight excluding hydrogens is 348 g/mol. The average Bonchev–Trinajstić information content (AvgIpc) is 3.06. The van der Waals surface area contributed by atoms with Gasteiger partial charge in [-0.15, -0.1) is 11.3 Å². The first-order valence-corrected chi connectivity index (χ1v) is 10.7. The molecule has 0 spiro atoms. The number of thiophene rings is 1. The van der Waals surface area contributed by atoms with Crippen molar-refractivity contribution in [3.05, 3.63) is 17.5 Å². The second-order valence-electron chi connectivity index (χ2n) is 6.61. The van der Waals surface area contributed by atoms with Crippen LogP contribution < -0.4 is 5.32 Å². The maximum atomic E-state index is 12.7. The maximum absolute atomic E-state index is 12.7. The number of hydrogen-bond donors (Lipinski definition) is 2. The van der Waals surface area contributed by atoms with Gasteiger partial charge in [-0.3, -0.25) is 4.79 Å². The molecule has 2 rings (SSSR count). The van der Waals surface area contributed by atoms with Crippen LogP contribution in [0.15, 0.2) is 21.7 Å². The Labute approximate surface area is 147 Å². The second kappa shape index (κ2) is 8.42. The third kappa shape index (κ3) is 4.78. The molecule has 0 unspecified atom stereocenters. The number of nitrogens with one attached hydrogen (secondary N) is 1. The second-order valence-corrected chi connectivity index (χ2v) is 9.68. The number of carboxylic acids is 1. The van der Waals surface area contributed by atoms with Gasteiger partial charge in [0.25, 0.3) is 10.0 Å². The van der Waals surface area contributed by atoms with E-state index < -0.39 is 22.0 Å². The molecular formula is C16H26N2O4S2. The highest BCUT2D eigenvalue weighted by Gasteiger charge is 2.41. The molecule has 2 atom stereocenters. The zero-order chi connectivity index (χ0) is 17.7. The lowest BCUT2D eigenvalue weighted by molar-refractivity contribution is -0.142. The molecule has 136 valence electrons. The summed E-state index contributed by atoms with van der Waals surface area (Å²) in [5.74, 6) is -0.430. The van der Waals surface area contributed by atoms with E-state index in [1.54, 1.807) is 11.4 Å². The molecule has 0 aliphatic carbocycles. The smallest absolute Gasteiger partial charge is 0.322 e. The fourth-order valence-corrected chi connectivity index (χ4v) is 5.71. The van der Waals surface area contributed by atoms with E-state index in [9.17, 15) is 18.3 Å². The van der Waals surface area contributed by atoms with Crippen LogP contribution in [-0.2, 0) is 14.8 Å². The molecule has 8 heteroatoms. The molecule has 6 nitrogen and oxygen atoms in total. The summed E-state index contributed by atoms with van der Waals surface area (Å²) in [5.41, 5.74) is 0. The molecule has 1 aliphatic heterocycles. The Hall–Kier alpha value is -0.960. The van der Waals surface area contributed by atoms with E-state index in [0.717, 1.165) is 35.0 Å². The fourth-order valence-electron chi connectivity index (χ4n) is 2.98. The van der Waals surface area contributed by atoms with Crippen LogP contribution in [0.1, 0.15) is 39.5 Å². The van der Waals surface area contributed by atoms with E-state index in [2.05, 4.69) is 19.2 Å². The third-order valence-corrected chi connectivity index (χ3v) is 7.57.